The Morgan fingerprint density at radius 2 is 0.661 bits per heavy atom. The number of anilines is 3. The van der Waals surface area contributed by atoms with Crippen molar-refractivity contribution in [3.8, 4) is 22.8 Å². The van der Waals surface area contributed by atoms with Crippen molar-refractivity contribution in [2.24, 2.45) is 0 Å². The van der Waals surface area contributed by atoms with Crippen molar-refractivity contribution < 1.29 is 0 Å². The van der Waals surface area contributed by atoms with E-state index in [9.17, 15) is 0 Å². The normalized spacial score (nSPS) is 12.1. The fourth-order valence-corrected chi connectivity index (χ4v) is 13.1. The first-order chi connectivity index (χ1) is 29.2. The number of fused-ring (bicyclic) bond motifs is 12. The van der Waals surface area contributed by atoms with Crippen LogP contribution in [0.4, 0.5) is 17.3 Å². The van der Waals surface area contributed by atoms with Crippen LogP contribution in [0, 0.1) is 0 Å². The van der Waals surface area contributed by atoms with E-state index in [4.69, 9.17) is 15.0 Å². The first kappa shape index (κ1) is 33.4. The molecule has 0 N–H and O–H groups in total. The monoisotopic (exact) mass is 824 g/mol. The Balaban J connectivity index is 1.07. The van der Waals surface area contributed by atoms with Crippen molar-refractivity contribution in [3.05, 3.63) is 170 Å². The molecular weight excluding hydrogens is 797 g/mol. The highest BCUT2D eigenvalue weighted by atomic mass is 32.1. The summed E-state index contributed by atoms with van der Waals surface area (Å²) < 4.78 is 9.98. The third kappa shape index (κ3) is 5.34. The quantitative estimate of drug-likeness (QED) is 0.173. The van der Waals surface area contributed by atoms with Crippen LogP contribution in [0.3, 0.4) is 0 Å². The van der Waals surface area contributed by atoms with Crippen molar-refractivity contribution in [1.29, 1.82) is 0 Å². The number of benzene rings is 8. The summed E-state index contributed by atoms with van der Waals surface area (Å²) in [6.07, 6.45) is 0. The van der Waals surface area contributed by atoms with Gasteiger partial charge in [-0.05, 0) is 72.8 Å². The van der Waals surface area contributed by atoms with Crippen LogP contribution in [0.15, 0.2) is 170 Å². The second-order valence-corrected chi connectivity index (χ2v) is 19.1. The Hall–Kier alpha value is -6.55. The topological polar surface area (TPSA) is 41.9 Å². The van der Waals surface area contributed by atoms with Gasteiger partial charge in [0.2, 0.25) is 5.95 Å². The fraction of sp³-hybridized carbons (Fsp3) is 0. The molecule has 13 aromatic rings. The number of nitrogens with zero attached hydrogens (tertiary/aromatic N) is 4. The molecule has 0 spiro atoms. The molecule has 0 atom stereocenters. The van der Waals surface area contributed by atoms with Crippen LogP contribution in [-0.2, 0) is 0 Å². The average molecular weight is 825 g/mol. The number of aromatic nitrogens is 3. The molecule has 13 rings (SSSR count). The molecule has 0 amide bonds. The number of hydrogen-bond donors (Lipinski definition) is 0. The van der Waals surface area contributed by atoms with Crippen LogP contribution in [0.5, 0.6) is 0 Å². The van der Waals surface area contributed by atoms with Gasteiger partial charge >= 0.3 is 0 Å². The maximum atomic E-state index is 5.41. The number of rotatable bonds is 5. The first-order valence-corrected chi connectivity index (χ1v) is 22.7. The molecule has 8 aromatic carbocycles. The van der Waals surface area contributed by atoms with E-state index in [1.54, 1.807) is 11.3 Å². The summed E-state index contributed by atoms with van der Waals surface area (Å²) in [7, 11) is 0. The molecule has 0 aliphatic heterocycles. The lowest BCUT2D eigenvalue weighted by Gasteiger charge is -2.24. The van der Waals surface area contributed by atoms with E-state index in [2.05, 4.69) is 175 Å². The molecule has 4 nitrogen and oxygen atoms in total. The minimum absolute atomic E-state index is 0.567. The molecule has 0 bridgehead atoms. The van der Waals surface area contributed by atoms with E-state index in [1.807, 2.05) is 34.0 Å². The zero-order valence-electron chi connectivity index (χ0n) is 31.1. The minimum Gasteiger partial charge on any atom is -0.279 e. The molecule has 0 radical (unpaired) electrons. The van der Waals surface area contributed by atoms with Gasteiger partial charge in [-0.25, -0.2) is 4.98 Å². The van der Waals surface area contributed by atoms with Crippen LogP contribution in [0.1, 0.15) is 0 Å². The second-order valence-electron chi connectivity index (χ2n) is 14.8. The summed E-state index contributed by atoms with van der Waals surface area (Å²) in [5.41, 5.74) is 3.89. The van der Waals surface area contributed by atoms with Gasteiger partial charge in [0.1, 0.15) is 0 Å². The molecular formula is C51H28N4S4. The average Bonchev–Trinajstić information content (AvgIpc) is 4.05. The van der Waals surface area contributed by atoms with Crippen LogP contribution in [-0.4, -0.2) is 15.0 Å². The largest absolute Gasteiger partial charge is 0.279 e. The Morgan fingerprint density at radius 3 is 1.19 bits per heavy atom. The van der Waals surface area contributed by atoms with E-state index in [0.29, 0.717) is 17.6 Å². The summed E-state index contributed by atoms with van der Waals surface area (Å²) in [6, 6.07) is 61.3. The molecule has 0 fully saturated rings. The van der Waals surface area contributed by atoms with Crippen molar-refractivity contribution in [2.75, 3.05) is 4.90 Å². The van der Waals surface area contributed by atoms with Gasteiger partial charge in [0.05, 0.1) is 11.4 Å². The van der Waals surface area contributed by atoms with Crippen LogP contribution >= 0.6 is 45.3 Å². The third-order valence-electron chi connectivity index (χ3n) is 11.3. The molecule has 8 heteroatoms. The molecule has 59 heavy (non-hydrogen) atoms. The van der Waals surface area contributed by atoms with Gasteiger partial charge in [0.25, 0.3) is 0 Å². The van der Waals surface area contributed by atoms with E-state index in [1.165, 1.54) is 80.7 Å². The van der Waals surface area contributed by atoms with Crippen molar-refractivity contribution in [3.63, 3.8) is 0 Å². The van der Waals surface area contributed by atoms with Gasteiger partial charge in [0, 0.05) is 91.8 Å². The standard InChI is InChI=1S/C51H28N4S4/c1-5-13-41-33(9-1)37-21-17-30(26-46(37)57-41)50-52-49(29-18-24-45-40(25-29)36-12-4-8-16-44(36)56-45)53-51(54-50)55(31-19-22-38-34-10-2-6-14-42(34)58-47(38)27-31)32-20-23-39-35-11-3-7-15-43(35)59-48(39)28-32/h1-28H. The summed E-state index contributed by atoms with van der Waals surface area (Å²) in [4.78, 5) is 18.3. The van der Waals surface area contributed by atoms with E-state index < -0.39 is 0 Å². The van der Waals surface area contributed by atoms with Crippen LogP contribution < -0.4 is 4.90 Å². The predicted octanol–water partition coefficient (Wildman–Crippen LogP) is 16.1. The SMILES string of the molecule is c1ccc2c(c1)sc1cc(-c3nc(-c4ccc5sc6ccccc6c5c4)nc(N(c4ccc5c(c4)sc4ccccc45)c4ccc5c(c4)sc4ccccc45)n3)ccc12. The molecule has 0 unspecified atom stereocenters. The molecule has 276 valence electrons. The Bertz CT molecular complexity index is 3720. The second kappa shape index (κ2) is 13.0. The molecule has 0 saturated heterocycles. The summed E-state index contributed by atoms with van der Waals surface area (Å²) in [5, 5.41) is 10.0. The molecule has 0 saturated carbocycles. The lowest BCUT2D eigenvalue weighted by molar-refractivity contribution is 1.02. The Kier molecular flexibility index (Phi) is 7.35. The molecule has 5 aromatic heterocycles. The Labute approximate surface area is 353 Å². The van der Waals surface area contributed by atoms with E-state index in [0.717, 1.165) is 22.5 Å². The lowest BCUT2D eigenvalue weighted by atomic mass is 10.1. The summed E-state index contributed by atoms with van der Waals surface area (Å²) >= 11 is 7.26. The molecule has 0 aliphatic carbocycles. The third-order valence-corrected chi connectivity index (χ3v) is 15.9. The highest BCUT2D eigenvalue weighted by Crippen LogP contribution is 2.44. The van der Waals surface area contributed by atoms with Crippen molar-refractivity contribution in [2.45, 2.75) is 0 Å². The van der Waals surface area contributed by atoms with Gasteiger partial charge < -0.3 is 0 Å². The minimum atomic E-state index is 0.567. The summed E-state index contributed by atoms with van der Waals surface area (Å²) in [5.74, 6) is 1.84. The highest BCUT2D eigenvalue weighted by molar-refractivity contribution is 7.27. The fourth-order valence-electron chi connectivity index (χ4n) is 8.54. The van der Waals surface area contributed by atoms with Crippen molar-refractivity contribution >= 4 is 143 Å². The van der Waals surface area contributed by atoms with Crippen LogP contribution in [0.2, 0.25) is 0 Å². The smallest absolute Gasteiger partial charge is 0.238 e. The number of hydrogen-bond acceptors (Lipinski definition) is 8. The summed E-state index contributed by atoms with van der Waals surface area (Å²) in [6.45, 7) is 0. The van der Waals surface area contributed by atoms with Crippen LogP contribution in [0.25, 0.3) is 103 Å². The zero-order chi connectivity index (χ0) is 38.6. The van der Waals surface area contributed by atoms with E-state index in [-0.39, 0.29) is 0 Å². The lowest BCUT2D eigenvalue weighted by Crippen LogP contribution is -2.15. The Morgan fingerprint density at radius 1 is 0.288 bits per heavy atom. The van der Waals surface area contributed by atoms with Gasteiger partial charge in [-0.2, -0.15) is 9.97 Å². The van der Waals surface area contributed by atoms with Gasteiger partial charge in [-0.1, -0.05) is 97.1 Å². The molecule has 5 heterocycles. The maximum Gasteiger partial charge on any atom is 0.238 e. The zero-order valence-corrected chi connectivity index (χ0v) is 34.4. The molecule has 0 aliphatic rings. The highest BCUT2D eigenvalue weighted by Gasteiger charge is 2.22. The maximum absolute atomic E-state index is 5.41. The van der Waals surface area contributed by atoms with Crippen molar-refractivity contribution in [1.82, 2.24) is 15.0 Å². The van der Waals surface area contributed by atoms with E-state index >= 15 is 0 Å². The van der Waals surface area contributed by atoms with Gasteiger partial charge in [0.15, 0.2) is 11.6 Å². The number of thiophene rings is 4. The van der Waals surface area contributed by atoms with Gasteiger partial charge in [-0.3, -0.25) is 4.90 Å². The first-order valence-electron chi connectivity index (χ1n) is 19.4. The predicted molar refractivity (Wildman–Crippen MR) is 257 cm³/mol. The van der Waals surface area contributed by atoms with Gasteiger partial charge in [-0.15, -0.1) is 45.3 Å².